The lowest BCUT2D eigenvalue weighted by atomic mass is 10.1. The standard InChI is InChI=1S/C13H16IN3O/c1-4-8-5-6-9(18-8)13-16-11(7(2)3)10(14)12(15)17-13/h5-7H,4H2,1-3H3,(H2,15,16,17). The third kappa shape index (κ3) is 2.50. The second-order valence-electron chi connectivity index (χ2n) is 4.41. The van der Waals surface area contributed by atoms with E-state index in [1.165, 1.54) is 0 Å². The predicted molar refractivity (Wildman–Crippen MR) is 80.3 cm³/mol. The number of aryl methyl sites for hydroxylation is 1. The Kier molecular flexibility index (Phi) is 3.89. The molecule has 0 amide bonds. The molecule has 18 heavy (non-hydrogen) atoms. The van der Waals surface area contributed by atoms with E-state index in [1.54, 1.807) is 0 Å². The van der Waals surface area contributed by atoms with Gasteiger partial charge in [-0.1, -0.05) is 20.8 Å². The quantitative estimate of drug-likeness (QED) is 0.853. The lowest BCUT2D eigenvalue weighted by Crippen LogP contribution is -2.06. The van der Waals surface area contributed by atoms with Gasteiger partial charge in [-0.2, -0.15) is 0 Å². The number of nitrogens with zero attached hydrogens (tertiary/aromatic N) is 2. The summed E-state index contributed by atoms with van der Waals surface area (Å²) in [5.41, 5.74) is 6.90. The Balaban J connectivity index is 2.51. The fourth-order valence-corrected chi connectivity index (χ4v) is 2.53. The molecular weight excluding hydrogens is 341 g/mol. The molecule has 5 heteroatoms. The first kappa shape index (κ1) is 13.3. The summed E-state index contributed by atoms with van der Waals surface area (Å²) in [6, 6.07) is 3.84. The van der Waals surface area contributed by atoms with Crippen LogP contribution in [0.1, 0.15) is 38.1 Å². The Morgan fingerprint density at radius 2 is 2.06 bits per heavy atom. The van der Waals surface area contributed by atoms with Crippen molar-refractivity contribution in [2.75, 3.05) is 5.73 Å². The van der Waals surface area contributed by atoms with Gasteiger partial charge in [0.25, 0.3) is 0 Å². The van der Waals surface area contributed by atoms with Crippen molar-refractivity contribution in [3.63, 3.8) is 0 Å². The summed E-state index contributed by atoms with van der Waals surface area (Å²) in [6.07, 6.45) is 0.858. The summed E-state index contributed by atoms with van der Waals surface area (Å²) in [6.45, 7) is 6.23. The van der Waals surface area contributed by atoms with Gasteiger partial charge < -0.3 is 10.2 Å². The van der Waals surface area contributed by atoms with Crippen molar-refractivity contribution in [2.45, 2.75) is 33.1 Å². The zero-order chi connectivity index (χ0) is 13.3. The minimum absolute atomic E-state index is 0.307. The molecule has 0 saturated heterocycles. The number of halogens is 1. The average molecular weight is 357 g/mol. The van der Waals surface area contributed by atoms with E-state index in [2.05, 4.69) is 46.4 Å². The van der Waals surface area contributed by atoms with E-state index in [9.17, 15) is 0 Å². The molecule has 2 heterocycles. The molecule has 0 spiro atoms. The zero-order valence-corrected chi connectivity index (χ0v) is 12.9. The van der Waals surface area contributed by atoms with E-state index < -0.39 is 0 Å². The van der Waals surface area contributed by atoms with Gasteiger partial charge in [-0.3, -0.25) is 0 Å². The van der Waals surface area contributed by atoms with E-state index >= 15 is 0 Å². The summed E-state index contributed by atoms with van der Waals surface area (Å²) in [4.78, 5) is 8.86. The van der Waals surface area contributed by atoms with Crippen molar-refractivity contribution in [3.8, 4) is 11.6 Å². The van der Waals surface area contributed by atoms with Crippen LogP contribution in [0.3, 0.4) is 0 Å². The number of anilines is 1. The Morgan fingerprint density at radius 1 is 1.33 bits per heavy atom. The molecule has 0 aliphatic heterocycles. The Hall–Kier alpha value is -1.11. The first-order chi connectivity index (χ1) is 8.52. The number of nitrogens with two attached hydrogens (primary N) is 1. The normalized spacial score (nSPS) is 11.2. The number of furan rings is 1. The van der Waals surface area contributed by atoms with E-state index in [0.717, 1.165) is 21.4 Å². The smallest absolute Gasteiger partial charge is 0.197 e. The van der Waals surface area contributed by atoms with Crippen LogP contribution in [0.4, 0.5) is 5.82 Å². The molecule has 0 aliphatic carbocycles. The topological polar surface area (TPSA) is 64.9 Å². The third-order valence-electron chi connectivity index (χ3n) is 2.68. The van der Waals surface area contributed by atoms with Crippen molar-refractivity contribution in [3.05, 3.63) is 27.2 Å². The van der Waals surface area contributed by atoms with Gasteiger partial charge in [0.1, 0.15) is 11.6 Å². The van der Waals surface area contributed by atoms with Gasteiger partial charge in [0.15, 0.2) is 11.6 Å². The maximum absolute atomic E-state index is 5.94. The fourth-order valence-electron chi connectivity index (χ4n) is 1.66. The van der Waals surface area contributed by atoms with Gasteiger partial charge in [0.05, 0.1) is 9.26 Å². The molecule has 4 nitrogen and oxygen atoms in total. The molecule has 0 aromatic carbocycles. The van der Waals surface area contributed by atoms with E-state index in [1.807, 2.05) is 19.1 Å². The van der Waals surface area contributed by atoms with Crippen LogP contribution in [0.25, 0.3) is 11.6 Å². The largest absolute Gasteiger partial charge is 0.458 e. The highest BCUT2D eigenvalue weighted by Crippen LogP contribution is 2.27. The van der Waals surface area contributed by atoms with Crippen LogP contribution in [0.2, 0.25) is 0 Å². The molecule has 2 aromatic rings. The van der Waals surface area contributed by atoms with Crippen LogP contribution in [0.15, 0.2) is 16.5 Å². The lowest BCUT2D eigenvalue weighted by Gasteiger charge is -2.10. The highest BCUT2D eigenvalue weighted by Gasteiger charge is 2.15. The maximum atomic E-state index is 5.94. The number of hydrogen-bond acceptors (Lipinski definition) is 4. The lowest BCUT2D eigenvalue weighted by molar-refractivity contribution is 0.525. The van der Waals surface area contributed by atoms with E-state index in [4.69, 9.17) is 10.2 Å². The molecule has 0 bridgehead atoms. The molecule has 0 saturated carbocycles. The van der Waals surface area contributed by atoms with Crippen LogP contribution >= 0.6 is 22.6 Å². The molecule has 2 rings (SSSR count). The van der Waals surface area contributed by atoms with Crippen molar-refractivity contribution in [2.24, 2.45) is 0 Å². The molecule has 0 atom stereocenters. The summed E-state index contributed by atoms with van der Waals surface area (Å²) < 4.78 is 6.59. The van der Waals surface area contributed by atoms with Gasteiger partial charge >= 0.3 is 0 Å². The highest BCUT2D eigenvalue weighted by molar-refractivity contribution is 14.1. The summed E-state index contributed by atoms with van der Waals surface area (Å²) >= 11 is 2.19. The van der Waals surface area contributed by atoms with Crippen LogP contribution in [0, 0.1) is 3.57 Å². The predicted octanol–water partition coefficient (Wildman–Crippen LogP) is 3.61. The minimum Gasteiger partial charge on any atom is -0.458 e. The Labute approximate surface area is 120 Å². The molecule has 2 N–H and O–H groups in total. The number of hydrogen-bond donors (Lipinski definition) is 1. The average Bonchev–Trinajstić information content (AvgIpc) is 2.80. The second-order valence-corrected chi connectivity index (χ2v) is 5.48. The monoisotopic (exact) mass is 357 g/mol. The first-order valence-corrected chi connectivity index (χ1v) is 7.02. The van der Waals surface area contributed by atoms with Crippen LogP contribution in [-0.2, 0) is 6.42 Å². The third-order valence-corrected chi connectivity index (χ3v) is 3.79. The molecule has 96 valence electrons. The molecule has 2 aromatic heterocycles. The number of aromatic nitrogens is 2. The van der Waals surface area contributed by atoms with Crippen LogP contribution < -0.4 is 5.73 Å². The minimum atomic E-state index is 0.307. The van der Waals surface area contributed by atoms with Gasteiger partial charge in [0.2, 0.25) is 0 Å². The van der Waals surface area contributed by atoms with Crippen LogP contribution in [-0.4, -0.2) is 9.97 Å². The summed E-state index contributed by atoms with van der Waals surface area (Å²) in [5.74, 6) is 2.99. The van der Waals surface area contributed by atoms with Gasteiger partial charge in [-0.25, -0.2) is 9.97 Å². The van der Waals surface area contributed by atoms with E-state index in [0.29, 0.717) is 23.3 Å². The zero-order valence-electron chi connectivity index (χ0n) is 10.7. The van der Waals surface area contributed by atoms with Crippen molar-refractivity contribution < 1.29 is 4.42 Å². The number of nitrogen functional groups attached to an aromatic ring is 1. The molecule has 0 unspecified atom stereocenters. The van der Waals surface area contributed by atoms with Crippen molar-refractivity contribution in [1.82, 2.24) is 9.97 Å². The van der Waals surface area contributed by atoms with Gasteiger partial charge in [0, 0.05) is 6.42 Å². The molecular formula is C13H16IN3O. The SMILES string of the molecule is CCc1ccc(-c2nc(N)c(I)c(C(C)C)n2)o1. The second kappa shape index (κ2) is 5.26. The van der Waals surface area contributed by atoms with Crippen molar-refractivity contribution >= 4 is 28.4 Å². The summed E-state index contributed by atoms with van der Waals surface area (Å²) in [7, 11) is 0. The maximum Gasteiger partial charge on any atom is 0.197 e. The fraction of sp³-hybridized carbons (Fsp3) is 0.385. The molecule has 0 fully saturated rings. The van der Waals surface area contributed by atoms with Gasteiger partial charge in [-0.05, 0) is 40.6 Å². The van der Waals surface area contributed by atoms with Crippen molar-refractivity contribution in [1.29, 1.82) is 0 Å². The van der Waals surface area contributed by atoms with Gasteiger partial charge in [-0.15, -0.1) is 0 Å². The summed E-state index contributed by atoms with van der Waals surface area (Å²) in [5, 5.41) is 0. The molecule has 0 aliphatic rings. The highest BCUT2D eigenvalue weighted by atomic mass is 127. The number of rotatable bonds is 3. The Bertz CT molecular complexity index is 563. The van der Waals surface area contributed by atoms with E-state index in [-0.39, 0.29) is 0 Å². The first-order valence-electron chi connectivity index (χ1n) is 5.95. The Morgan fingerprint density at radius 3 is 2.61 bits per heavy atom. The van der Waals surface area contributed by atoms with Crippen LogP contribution in [0.5, 0.6) is 0 Å². The molecule has 0 radical (unpaired) electrons.